The van der Waals surface area contributed by atoms with Gasteiger partial charge in [-0.25, -0.2) is 8.42 Å². The highest BCUT2D eigenvalue weighted by Gasteiger charge is 2.28. The normalized spacial score (nSPS) is 17.8. The molecule has 4 rings (SSSR count). The number of sulfonamides is 1. The Kier molecular flexibility index (Phi) is 6.29. The molecule has 0 atom stereocenters. The van der Waals surface area contributed by atoms with Crippen LogP contribution in [0.25, 0.3) is 0 Å². The van der Waals surface area contributed by atoms with Crippen molar-refractivity contribution in [1.82, 2.24) is 4.31 Å². The molecule has 0 unspecified atom stereocenters. The predicted molar refractivity (Wildman–Crippen MR) is 117 cm³/mol. The Morgan fingerprint density at radius 3 is 2.30 bits per heavy atom. The van der Waals surface area contributed by atoms with Crippen molar-refractivity contribution in [2.75, 3.05) is 49.6 Å². The number of nitrogens with zero attached hydrogens (tertiary/aromatic N) is 2. The molecule has 0 bridgehead atoms. The molecular formula is C21H24ClN3O4S. The summed E-state index contributed by atoms with van der Waals surface area (Å²) in [4.78, 5) is 15.1. The lowest BCUT2D eigenvalue weighted by Crippen LogP contribution is -2.36. The molecular weight excluding hydrogens is 426 g/mol. The fourth-order valence-corrected chi connectivity index (χ4v) is 5.44. The van der Waals surface area contributed by atoms with E-state index in [0.29, 0.717) is 32.0 Å². The highest BCUT2D eigenvalue weighted by atomic mass is 35.5. The standard InChI is InChI=1S/C21H24ClN3O4S/c22-20-8-7-18(30(27,28)25-9-1-2-10-25)15-19(20)21(26)23-16-3-5-17(6-4-16)24-11-13-29-14-12-24/h3-8,15H,1-2,9-14H2,(H,23,26). The number of ether oxygens (including phenoxy) is 1. The molecule has 2 saturated heterocycles. The Hall–Kier alpha value is -2.13. The van der Waals surface area contributed by atoms with Crippen LogP contribution in [0.3, 0.4) is 0 Å². The molecule has 0 aromatic heterocycles. The van der Waals surface area contributed by atoms with E-state index in [2.05, 4.69) is 10.2 Å². The molecule has 2 aromatic rings. The minimum Gasteiger partial charge on any atom is -0.378 e. The van der Waals surface area contributed by atoms with Gasteiger partial charge in [-0.2, -0.15) is 4.31 Å². The summed E-state index contributed by atoms with van der Waals surface area (Å²) in [5, 5.41) is 3.01. The number of hydrogen-bond donors (Lipinski definition) is 1. The summed E-state index contributed by atoms with van der Waals surface area (Å²) in [5.74, 6) is -0.447. The van der Waals surface area contributed by atoms with Gasteiger partial charge in [-0.3, -0.25) is 4.79 Å². The fourth-order valence-electron chi connectivity index (χ4n) is 3.69. The van der Waals surface area contributed by atoms with Crippen molar-refractivity contribution in [3.8, 4) is 0 Å². The first-order chi connectivity index (χ1) is 14.4. The van der Waals surface area contributed by atoms with E-state index in [-0.39, 0.29) is 15.5 Å². The first-order valence-electron chi connectivity index (χ1n) is 9.99. The van der Waals surface area contributed by atoms with Crippen LogP contribution in [0.5, 0.6) is 0 Å². The SMILES string of the molecule is O=C(Nc1ccc(N2CCOCC2)cc1)c1cc(S(=O)(=O)N2CCCC2)ccc1Cl. The van der Waals surface area contributed by atoms with Crippen molar-refractivity contribution in [3.63, 3.8) is 0 Å². The zero-order valence-electron chi connectivity index (χ0n) is 16.5. The molecule has 0 aliphatic carbocycles. The molecule has 0 saturated carbocycles. The van der Waals surface area contributed by atoms with Crippen LogP contribution in [0.15, 0.2) is 47.4 Å². The van der Waals surface area contributed by atoms with Gasteiger partial charge in [0.1, 0.15) is 0 Å². The van der Waals surface area contributed by atoms with Gasteiger partial charge in [0.15, 0.2) is 0 Å². The number of anilines is 2. The number of morpholine rings is 1. The quantitative estimate of drug-likeness (QED) is 0.758. The topological polar surface area (TPSA) is 79.0 Å². The number of carbonyl (C=O) groups is 1. The van der Waals surface area contributed by atoms with Gasteiger partial charge in [-0.15, -0.1) is 0 Å². The average Bonchev–Trinajstić information content (AvgIpc) is 3.31. The summed E-state index contributed by atoms with van der Waals surface area (Å²) in [6.07, 6.45) is 1.70. The lowest BCUT2D eigenvalue weighted by molar-refractivity contribution is 0.102. The molecule has 160 valence electrons. The van der Waals surface area contributed by atoms with Crippen molar-refractivity contribution in [2.45, 2.75) is 17.7 Å². The van der Waals surface area contributed by atoms with Crippen molar-refractivity contribution in [3.05, 3.63) is 53.1 Å². The second kappa shape index (κ2) is 8.93. The average molecular weight is 450 g/mol. The molecule has 7 nitrogen and oxygen atoms in total. The fraction of sp³-hybridized carbons (Fsp3) is 0.381. The second-order valence-electron chi connectivity index (χ2n) is 7.35. The second-order valence-corrected chi connectivity index (χ2v) is 9.70. The molecule has 2 aliphatic heterocycles. The summed E-state index contributed by atoms with van der Waals surface area (Å²) in [6, 6.07) is 11.8. The van der Waals surface area contributed by atoms with Crippen LogP contribution in [0, 0.1) is 0 Å². The predicted octanol–water partition coefficient (Wildman–Crippen LogP) is 3.21. The minimum absolute atomic E-state index is 0.0848. The van der Waals surface area contributed by atoms with Crippen molar-refractivity contribution in [1.29, 1.82) is 0 Å². The van der Waals surface area contributed by atoms with E-state index in [4.69, 9.17) is 16.3 Å². The lowest BCUT2D eigenvalue weighted by Gasteiger charge is -2.28. The summed E-state index contributed by atoms with van der Waals surface area (Å²) < 4.78 is 32.4. The first kappa shape index (κ1) is 21.1. The highest BCUT2D eigenvalue weighted by Crippen LogP contribution is 2.26. The molecule has 2 fully saturated rings. The van der Waals surface area contributed by atoms with Gasteiger partial charge in [-0.1, -0.05) is 11.6 Å². The molecule has 1 N–H and O–H groups in total. The summed E-state index contributed by atoms with van der Waals surface area (Å²) in [5.41, 5.74) is 1.81. The lowest BCUT2D eigenvalue weighted by atomic mass is 10.2. The van der Waals surface area contributed by atoms with Gasteiger partial charge < -0.3 is 15.0 Å². The molecule has 2 aromatic carbocycles. The summed E-state index contributed by atoms with van der Waals surface area (Å²) in [7, 11) is -3.62. The molecule has 0 spiro atoms. The Labute approximate surface area is 181 Å². The van der Waals surface area contributed by atoms with Crippen LogP contribution in [0.2, 0.25) is 5.02 Å². The van der Waals surface area contributed by atoms with E-state index in [1.807, 2.05) is 24.3 Å². The van der Waals surface area contributed by atoms with E-state index in [1.54, 1.807) is 0 Å². The van der Waals surface area contributed by atoms with Crippen LogP contribution in [0.1, 0.15) is 23.2 Å². The Morgan fingerprint density at radius 2 is 1.63 bits per heavy atom. The van der Waals surface area contributed by atoms with E-state index in [9.17, 15) is 13.2 Å². The summed E-state index contributed by atoms with van der Waals surface area (Å²) >= 11 is 6.21. The van der Waals surface area contributed by atoms with E-state index in [1.165, 1.54) is 22.5 Å². The molecule has 2 heterocycles. The molecule has 30 heavy (non-hydrogen) atoms. The zero-order valence-corrected chi connectivity index (χ0v) is 18.1. The van der Waals surface area contributed by atoms with Crippen LogP contribution >= 0.6 is 11.6 Å². The van der Waals surface area contributed by atoms with Crippen molar-refractivity contribution in [2.24, 2.45) is 0 Å². The zero-order chi connectivity index (χ0) is 21.1. The molecule has 2 aliphatic rings. The van der Waals surface area contributed by atoms with Gasteiger partial charge in [-0.05, 0) is 55.3 Å². The number of nitrogens with one attached hydrogen (secondary N) is 1. The third-order valence-electron chi connectivity index (χ3n) is 5.39. The van der Waals surface area contributed by atoms with Gasteiger partial charge in [0.2, 0.25) is 10.0 Å². The van der Waals surface area contributed by atoms with Gasteiger partial charge >= 0.3 is 0 Å². The van der Waals surface area contributed by atoms with Crippen LogP contribution < -0.4 is 10.2 Å². The number of halogens is 1. The minimum atomic E-state index is -3.62. The number of hydrogen-bond acceptors (Lipinski definition) is 5. The van der Waals surface area contributed by atoms with Gasteiger partial charge in [0.05, 0.1) is 28.7 Å². The molecule has 0 radical (unpaired) electrons. The molecule has 1 amide bonds. The number of rotatable bonds is 5. The maximum Gasteiger partial charge on any atom is 0.257 e. The third kappa shape index (κ3) is 4.46. The van der Waals surface area contributed by atoms with Crippen LogP contribution in [-0.2, 0) is 14.8 Å². The van der Waals surface area contributed by atoms with Crippen LogP contribution in [0.4, 0.5) is 11.4 Å². The number of amides is 1. The first-order valence-corrected chi connectivity index (χ1v) is 11.8. The highest BCUT2D eigenvalue weighted by molar-refractivity contribution is 7.89. The Morgan fingerprint density at radius 1 is 0.967 bits per heavy atom. The maximum absolute atomic E-state index is 12.8. The number of carbonyl (C=O) groups excluding carboxylic acids is 1. The van der Waals surface area contributed by atoms with E-state index < -0.39 is 15.9 Å². The Bertz CT molecular complexity index is 1020. The molecule has 9 heteroatoms. The van der Waals surface area contributed by atoms with Crippen molar-refractivity contribution >= 4 is 38.9 Å². The largest absolute Gasteiger partial charge is 0.378 e. The smallest absolute Gasteiger partial charge is 0.257 e. The monoisotopic (exact) mass is 449 g/mol. The van der Waals surface area contributed by atoms with E-state index in [0.717, 1.165) is 31.6 Å². The number of benzene rings is 2. The maximum atomic E-state index is 12.8. The van der Waals surface area contributed by atoms with E-state index >= 15 is 0 Å². The Balaban J connectivity index is 1.50. The van der Waals surface area contributed by atoms with Crippen LogP contribution in [-0.4, -0.2) is 58.0 Å². The summed E-state index contributed by atoms with van der Waals surface area (Å²) in [6.45, 7) is 4.07. The van der Waals surface area contributed by atoms with Gasteiger partial charge in [0, 0.05) is 37.6 Å². The third-order valence-corrected chi connectivity index (χ3v) is 7.61. The van der Waals surface area contributed by atoms with Gasteiger partial charge in [0.25, 0.3) is 5.91 Å². The van der Waals surface area contributed by atoms with Crippen molar-refractivity contribution < 1.29 is 17.9 Å².